The Hall–Kier alpha value is -1.19. The molecule has 1 fully saturated rings. The molecule has 0 bridgehead atoms. The number of aliphatic imine (C=N–C) groups is 1. The van der Waals surface area contributed by atoms with Crippen molar-refractivity contribution < 1.29 is 14.1 Å². The van der Waals surface area contributed by atoms with Crippen LogP contribution in [0.3, 0.4) is 0 Å². The summed E-state index contributed by atoms with van der Waals surface area (Å²) in [6.07, 6.45) is 2.94. The van der Waals surface area contributed by atoms with Crippen LogP contribution in [-0.4, -0.2) is 61.8 Å². The molecule has 1 aliphatic rings. The van der Waals surface area contributed by atoms with Crippen molar-refractivity contribution >= 4 is 12.0 Å². The summed E-state index contributed by atoms with van der Waals surface area (Å²) in [6.45, 7) is 5.47. The summed E-state index contributed by atoms with van der Waals surface area (Å²) in [5, 5.41) is 0. The highest BCUT2D eigenvalue weighted by Crippen LogP contribution is 2.30. The fourth-order valence-electron chi connectivity index (χ4n) is 2.08. The summed E-state index contributed by atoms with van der Waals surface area (Å²) >= 11 is 0. The zero-order valence-electron chi connectivity index (χ0n) is 12.1. The Morgan fingerprint density at radius 2 is 2.06 bits per heavy atom. The number of quaternary nitrogens is 1. The third kappa shape index (κ3) is 3.93. The predicted molar refractivity (Wildman–Crippen MR) is 69.5 cm³/mol. The molecule has 102 valence electrons. The lowest BCUT2D eigenvalue weighted by molar-refractivity contribution is -0.894. The van der Waals surface area contributed by atoms with E-state index in [1.807, 2.05) is 26.0 Å². The average molecular weight is 254 g/mol. The molecule has 0 aliphatic carbocycles. The van der Waals surface area contributed by atoms with Crippen molar-refractivity contribution in [2.24, 2.45) is 10.4 Å². The van der Waals surface area contributed by atoms with E-state index in [9.17, 15) is 9.59 Å². The molecule has 1 saturated heterocycles. The van der Waals surface area contributed by atoms with Gasteiger partial charge in [-0.05, 0) is 11.8 Å². The Kier molecular flexibility index (Phi) is 4.30. The number of carbonyl (C=O) groups excluding carboxylic acids is 2. The number of hydrogen-bond donors (Lipinski definition) is 0. The minimum absolute atomic E-state index is 0.0909. The highest BCUT2D eigenvalue weighted by atomic mass is 16.2. The van der Waals surface area contributed by atoms with E-state index in [4.69, 9.17) is 0 Å². The first kappa shape index (κ1) is 14.9. The van der Waals surface area contributed by atoms with Gasteiger partial charge in [0.2, 0.25) is 18.2 Å². The highest BCUT2D eigenvalue weighted by molar-refractivity contribution is 5.77. The van der Waals surface area contributed by atoms with Crippen LogP contribution >= 0.6 is 0 Å². The second-order valence-electron chi connectivity index (χ2n) is 6.75. The van der Waals surface area contributed by atoms with Gasteiger partial charge in [-0.3, -0.25) is 4.79 Å². The van der Waals surface area contributed by atoms with Gasteiger partial charge < -0.3 is 9.38 Å². The topological polar surface area (TPSA) is 49.7 Å². The summed E-state index contributed by atoms with van der Waals surface area (Å²) in [6, 6.07) is 0. The lowest BCUT2D eigenvalue weighted by Gasteiger charge is -2.39. The number of hydrogen-bond acceptors (Lipinski definition) is 3. The van der Waals surface area contributed by atoms with Crippen LogP contribution in [0.1, 0.15) is 26.7 Å². The molecule has 0 aromatic rings. The van der Waals surface area contributed by atoms with Gasteiger partial charge >= 0.3 is 0 Å². The first-order chi connectivity index (χ1) is 8.15. The van der Waals surface area contributed by atoms with Crippen LogP contribution in [-0.2, 0) is 9.59 Å². The van der Waals surface area contributed by atoms with Crippen molar-refractivity contribution in [1.82, 2.24) is 4.90 Å². The van der Waals surface area contributed by atoms with Crippen LogP contribution in [0.2, 0.25) is 0 Å². The van der Waals surface area contributed by atoms with E-state index in [0.717, 1.165) is 13.0 Å². The van der Waals surface area contributed by atoms with E-state index in [2.05, 4.69) is 18.8 Å². The number of amides is 1. The molecule has 0 aromatic carbocycles. The SMILES string of the molecule is CC1(C)CCN(C[C@@H](N=C=O)[N+](C)(C)C)C(=O)C1. The van der Waals surface area contributed by atoms with Crippen molar-refractivity contribution in [1.29, 1.82) is 0 Å². The van der Waals surface area contributed by atoms with Crippen LogP contribution in [0, 0.1) is 5.41 Å². The maximum absolute atomic E-state index is 12.1. The third-order valence-electron chi connectivity index (χ3n) is 3.52. The summed E-state index contributed by atoms with van der Waals surface area (Å²) in [7, 11) is 5.89. The van der Waals surface area contributed by atoms with E-state index < -0.39 is 0 Å². The van der Waals surface area contributed by atoms with Gasteiger partial charge in [0.1, 0.15) is 0 Å². The molecular weight excluding hydrogens is 230 g/mol. The van der Waals surface area contributed by atoms with Crippen LogP contribution < -0.4 is 0 Å². The summed E-state index contributed by atoms with van der Waals surface area (Å²) in [4.78, 5) is 28.2. The molecule has 1 atom stereocenters. The fourth-order valence-corrected chi connectivity index (χ4v) is 2.08. The van der Waals surface area contributed by atoms with Gasteiger partial charge in [0.05, 0.1) is 27.7 Å². The van der Waals surface area contributed by atoms with Gasteiger partial charge in [0.15, 0.2) is 0 Å². The van der Waals surface area contributed by atoms with Crippen LogP contribution in [0.4, 0.5) is 0 Å². The standard InChI is InChI=1S/C13H24N3O2/c1-13(2)6-7-15(12(18)8-13)9-11(14-10-17)16(3,4)5/h11H,6-9H2,1-5H3/q+1/t11-/m0/s1. The van der Waals surface area contributed by atoms with E-state index in [1.165, 1.54) is 0 Å². The molecule has 0 unspecified atom stereocenters. The molecular formula is C13H24N3O2+. The minimum Gasteiger partial charge on any atom is -0.334 e. The van der Waals surface area contributed by atoms with E-state index in [0.29, 0.717) is 17.4 Å². The molecule has 18 heavy (non-hydrogen) atoms. The van der Waals surface area contributed by atoms with Gasteiger partial charge in [0, 0.05) is 13.0 Å². The van der Waals surface area contributed by atoms with Crippen molar-refractivity contribution in [3.8, 4) is 0 Å². The Morgan fingerprint density at radius 3 is 2.50 bits per heavy atom. The molecule has 5 heteroatoms. The number of nitrogens with zero attached hydrogens (tertiary/aromatic N) is 3. The lowest BCUT2D eigenvalue weighted by atomic mass is 9.82. The van der Waals surface area contributed by atoms with E-state index in [-0.39, 0.29) is 17.5 Å². The first-order valence-corrected chi connectivity index (χ1v) is 6.31. The van der Waals surface area contributed by atoms with Crippen molar-refractivity contribution in [3.05, 3.63) is 0 Å². The van der Waals surface area contributed by atoms with Crippen LogP contribution in [0.15, 0.2) is 4.99 Å². The molecule has 0 aromatic heterocycles. The van der Waals surface area contributed by atoms with Gasteiger partial charge in [-0.2, -0.15) is 0 Å². The molecule has 1 amide bonds. The van der Waals surface area contributed by atoms with Crippen molar-refractivity contribution in [3.63, 3.8) is 0 Å². The molecule has 1 rings (SSSR count). The second kappa shape index (κ2) is 5.21. The molecule has 0 spiro atoms. The fraction of sp³-hybridized carbons (Fsp3) is 0.846. The van der Waals surface area contributed by atoms with E-state index in [1.54, 1.807) is 6.08 Å². The monoisotopic (exact) mass is 254 g/mol. The number of carbonyl (C=O) groups is 1. The molecule has 0 radical (unpaired) electrons. The highest BCUT2D eigenvalue weighted by Gasteiger charge is 2.35. The molecule has 5 nitrogen and oxygen atoms in total. The lowest BCUT2D eigenvalue weighted by Crippen LogP contribution is -2.53. The maximum Gasteiger partial charge on any atom is 0.240 e. The molecule has 1 aliphatic heterocycles. The number of isocyanates is 1. The smallest absolute Gasteiger partial charge is 0.240 e. The molecule has 0 N–H and O–H groups in total. The predicted octanol–water partition coefficient (Wildman–Crippen LogP) is 1.00. The zero-order chi connectivity index (χ0) is 14.0. The summed E-state index contributed by atoms with van der Waals surface area (Å²) in [5.41, 5.74) is 0.0909. The van der Waals surface area contributed by atoms with E-state index >= 15 is 0 Å². The van der Waals surface area contributed by atoms with Gasteiger partial charge in [0.25, 0.3) is 0 Å². The van der Waals surface area contributed by atoms with Gasteiger partial charge in [-0.25, -0.2) is 4.79 Å². The van der Waals surface area contributed by atoms with Gasteiger partial charge in [-0.15, -0.1) is 4.99 Å². The first-order valence-electron chi connectivity index (χ1n) is 6.31. The number of likely N-dealkylation sites (tertiary alicyclic amines) is 1. The van der Waals surface area contributed by atoms with Crippen LogP contribution in [0.5, 0.6) is 0 Å². The second-order valence-corrected chi connectivity index (χ2v) is 6.75. The van der Waals surface area contributed by atoms with Crippen molar-refractivity contribution in [2.45, 2.75) is 32.9 Å². The normalized spacial score (nSPS) is 21.4. The Labute approximate surface area is 109 Å². The van der Waals surface area contributed by atoms with Crippen LogP contribution in [0.25, 0.3) is 0 Å². The zero-order valence-corrected chi connectivity index (χ0v) is 12.1. The number of rotatable bonds is 4. The summed E-state index contributed by atoms with van der Waals surface area (Å²) < 4.78 is 0.516. The molecule has 1 heterocycles. The van der Waals surface area contributed by atoms with Gasteiger partial charge in [-0.1, -0.05) is 13.8 Å². The van der Waals surface area contributed by atoms with Crippen molar-refractivity contribution in [2.75, 3.05) is 34.2 Å². The number of piperidine rings is 1. The Bertz CT molecular complexity index is 365. The Morgan fingerprint density at radius 1 is 1.44 bits per heavy atom. The minimum atomic E-state index is -0.243. The molecule has 0 saturated carbocycles. The average Bonchev–Trinajstić information content (AvgIpc) is 2.18. The number of likely N-dealkylation sites (N-methyl/N-ethyl adjacent to an activating group) is 1. The Balaban J connectivity index is 2.72. The summed E-state index contributed by atoms with van der Waals surface area (Å²) in [5.74, 6) is 0.158. The largest absolute Gasteiger partial charge is 0.334 e. The quantitative estimate of drug-likeness (QED) is 0.427. The maximum atomic E-state index is 12.1. The third-order valence-corrected chi connectivity index (χ3v) is 3.52.